The normalized spacial score (nSPS) is 11.8. The molecule has 4 aromatic carbocycles. The molecule has 0 aliphatic heterocycles. The fourth-order valence-electron chi connectivity index (χ4n) is 13.8. The third kappa shape index (κ3) is 38.9. The van der Waals surface area contributed by atoms with E-state index in [0.29, 0.717) is 87.6 Å². The molecule has 0 aromatic heterocycles. The second-order valence-corrected chi connectivity index (χ2v) is 31.0. The first kappa shape index (κ1) is 105. The van der Waals surface area contributed by atoms with Gasteiger partial charge in [0.25, 0.3) is 0 Å². The number of hydrogen-bond acceptors (Lipinski definition) is 17. The number of unbranched alkanes of at least 4 members (excludes halogenated alkanes) is 4. The molecule has 37 nitrogen and oxygen atoms in total. The summed E-state index contributed by atoms with van der Waals surface area (Å²) >= 11 is 0. The highest BCUT2D eigenvalue weighted by Gasteiger charge is 2.37. The van der Waals surface area contributed by atoms with Crippen LogP contribution in [0.2, 0.25) is 0 Å². The number of guanidine groups is 4. The Balaban J connectivity index is 1.76. The lowest BCUT2D eigenvalue weighted by atomic mass is 10.1. The lowest BCUT2D eigenvalue weighted by Crippen LogP contribution is -2.53. The standard InChI is InChI=1S/C88H139N25O12/c1-9-13-46-103(74(115)53-98-41-29-42-99-85(90)91)58-82(123)111(66(6)70-35-23-18-24-36-70)62-78(119)108(51-31-44-101-87(94)95)56-76(117)105(48-15-11-3)60-84(125)113(68(8)72-39-27-20-28-40-72)64-80(121)109(52-32-45-102-88(96)97)57-77(118)106(49-16-12-4)61-83(124)112(67(7)71-37-25-19-26-38-71)63-79(120)107(50-30-43-100-86(92)93)55-75(116)104(47-14-10-2)59-81(122)110(54-73(89)114)65(5)69-33-21-17-22-34-69/h17-28,33-40,65-68,98H,9-16,29-32,41-64H2,1-8H3,(H2,89,114)(H4,90,91,99)(H4,92,93,100)(H4,94,95,101)(H4,96,97,102)/t65-,66-,67+,68-/m1/s1. The molecule has 0 heterocycles. The van der Waals surface area contributed by atoms with Gasteiger partial charge in [-0.25, -0.2) is 0 Å². The summed E-state index contributed by atoms with van der Waals surface area (Å²) in [6, 6.07) is 32.7. The zero-order valence-corrected chi connectivity index (χ0v) is 74.5. The van der Waals surface area contributed by atoms with Gasteiger partial charge in [-0.05, 0) is 108 Å². The zero-order chi connectivity index (χ0) is 92.3. The van der Waals surface area contributed by atoms with Crippen LogP contribution in [-0.2, 0) is 57.5 Å². The number of hydrogen-bond donors (Lipinski definition) is 14. The second kappa shape index (κ2) is 57.8. The molecular formula is C88H139N25O12. The van der Waals surface area contributed by atoms with Crippen molar-refractivity contribution >= 4 is 94.7 Å². The molecule has 0 radical (unpaired) electrons. The topological polar surface area (TPSA) is 526 Å². The average Bonchev–Trinajstić information content (AvgIpc) is 1.09. The van der Waals surface area contributed by atoms with E-state index in [1.165, 1.54) is 53.9 Å². The Kier molecular flexibility index (Phi) is 48.5. The van der Waals surface area contributed by atoms with Crippen LogP contribution in [0.4, 0.5) is 0 Å². The lowest BCUT2D eigenvalue weighted by Gasteiger charge is -2.36. The summed E-state index contributed by atoms with van der Waals surface area (Å²) in [5, 5.41) is 45.0. The maximum absolute atomic E-state index is 15.5. The number of nitrogens with zero attached hydrogens (tertiary/aromatic N) is 11. The van der Waals surface area contributed by atoms with Crippen LogP contribution in [0.5, 0.6) is 0 Å². The van der Waals surface area contributed by atoms with E-state index in [9.17, 15) is 24.0 Å². The van der Waals surface area contributed by atoms with E-state index >= 15 is 33.6 Å². The minimum atomic E-state index is -0.853. The molecule has 0 bridgehead atoms. The summed E-state index contributed by atoms with van der Waals surface area (Å²) in [5.41, 5.74) is 30.8. The molecule has 0 spiro atoms. The smallest absolute Gasteiger partial charge is 0.243 e. The average molecular weight is 1740 g/mol. The number of primary amides is 1. The van der Waals surface area contributed by atoms with Crippen molar-refractivity contribution in [2.75, 3.05) is 157 Å². The van der Waals surface area contributed by atoms with E-state index < -0.39 is 155 Å². The van der Waals surface area contributed by atoms with Crippen LogP contribution in [0.1, 0.15) is 179 Å². The van der Waals surface area contributed by atoms with Crippen LogP contribution < -0.4 is 55.3 Å². The summed E-state index contributed by atoms with van der Waals surface area (Å²) < 4.78 is 0. The maximum atomic E-state index is 15.5. The quantitative estimate of drug-likeness (QED) is 0.0172. The Morgan fingerprint density at radius 3 is 0.688 bits per heavy atom. The van der Waals surface area contributed by atoms with E-state index in [2.05, 4.69) is 26.6 Å². The Hall–Kier alpha value is -12.4. The number of nitrogens with two attached hydrogens (primary N) is 5. The van der Waals surface area contributed by atoms with Crippen LogP contribution in [0, 0.1) is 21.6 Å². The molecule has 0 saturated heterocycles. The molecule has 37 heteroatoms. The minimum Gasteiger partial charge on any atom is -0.370 e. The summed E-state index contributed by atoms with van der Waals surface area (Å²) in [6.07, 6.45) is 5.34. The van der Waals surface area contributed by atoms with E-state index in [-0.39, 0.29) is 128 Å². The van der Waals surface area contributed by atoms with Gasteiger partial charge in [0, 0.05) is 72.0 Å². The Morgan fingerprint density at radius 2 is 0.464 bits per heavy atom. The summed E-state index contributed by atoms with van der Waals surface area (Å²) in [7, 11) is 0. The van der Waals surface area contributed by atoms with E-state index in [1.54, 1.807) is 125 Å². The highest BCUT2D eigenvalue weighted by Crippen LogP contribution is 2.26. The molecule has 19 N–H and O–H groups in total. The number of carbonyl (C=O) groups is 12. The van der Waals surface area contributed by atoms with Gasteiger partial charge in [-0.2, -0.15) is 0 Å². The highest BCUT2D eigenvalue weighted by molar-refractivity contribution is 5.96. The molecule has 0 aliphatic rings. The molecule has 125 heavy (non-hydrogen) atoms. The van der Waals surface area contributed by atoms with Gasteiger partial charge in [-0.1, -0.05) is 175 Å². The van der Waals surface area contributed by atoms with Crippen molar-refractivity contribution in [3.8, 4) is 0 Å². The lowest BCUT2D eigenvalue weighted by molar-refractivity contribution is -0.150. The van der Waals surface area contributed by atoms with Crippen molar-refractivity contribution < 1.29 is 57.5 Å². The van der Waals surface area contributed by atoms with Crippen molar-refractivity contribution in [3.05, 3.63) is 144 Å². The number of amides is 12. The molecule has 0 unspecified atom stereocenters. The first-order valence-corrected chi connectivity index (χ1v) is 43.4. The molecule has 4 atom stereocenters. The van der Waals surface area contributed by atoms with Gasteiger partial charge in [0.1, 0.15) is 19.6 Å². The van der Waals surface area contributed by atoms with E-state index in [4.69, 9.17) is 50.3 Å². The summed E-state index contributed by atoms with van der Waals surface area (Å²) in [5.74, 6) is -8.75. The largest absolute Gasteiger partial charge is 0.370 e. The van der Waals surface area contributed by atoms with Crippen LogP contribution in [0.3, 0.4) is 0 Å². The molecule has 0 fully saturated rings. The van der Waals surface area contributed by atoms with Gasteiger partial charge in [-0.3, -0.25) is 79.2 Å². The minimum absolute atomic E-state index is 0.00964. The van der Waals surface area contributed by atoms with Crippen molar-refractivity contribution in [2.45, 2.75) is 157 Å². The van der Waals surface area contributed by atoms with Gasteiger partial charge < -0.3 is 109 Å². The Bertz CT molecular complexity index is 4080. The number of carbonyl (C=O) groups excluding carboxylic acids is 12. The van der Waals surface area contributed by atoms with Crippen molar-refractivity contribution in [1.29, 1.82) is 21.6 Å². The van der Waals surface area contributed by atoms with Crippen LogP contribution in [-0.4, -0.2) is 306 Å². The van der Waals surface area contributed by atoms with Crippen LogP contribution >= 0.6 is 0 Å². The molecule has 4 aromatic rings. The van der Waals surface area contributed by atoms with Crippen LogP contribution in [0.15, 0.2) is 121 Å². The van der Waals surface area contributed by atoms with Gasteiger partial charge in [-0.15, -0.1) is 0 Å². The molecule has 688 valence electrons. The van der Waals surface area contributed by atoms with Crippen molar-refractivity contribution in [3.63, 3.8) is 0 Å². The van der Waals surface area contributed by atoms with Crippen molar-refractivity contribution in [1.82, 2.24) is 80.5 Å². The van der Waals surface area contributed by atoms with Gasteiger partial charge in [0.2, 0.25) is 70.9 Å². The monoisotopic (exact) mass is 1740 g/mol. The summed E-state index contributed by atoms with van der Waals surface area (Å²) in [6.45, 7) is 9.67. The number of benzene rings is 4. The molecule has 0 saturated carbocycles. The van der Waals surface area contributed by atoms with Gasteiger partial charge >= 0.3 is 0 Å². The molecule has 4 rings (SSSR count). The Labute approximate surface area is 736 Å². The molecular weight excluding hydrogens is 1600 g/mol. The summed E-state index contributed by atoms with van der Waals surface area (Å²) in [4.78, 5) is 192. The maximum Gasteiger partial charge on any atom is 0.243 e. The third-order valence-electron chi connectivity index (χ3n) is 21.3. The number of rotatable bonds is 60. The zero-order valence-electron chi connectivity index (χ0n) is 74.5. The van der Waals surface area contributed by atoms with E-state index in [0.717, 1.165) is 5.56 Å². The first-order valence-electron chi connectivity index (χ1n) is 43.4. The molecule has 0 aliphatic carbocycles. The Morgan fingerprint density at radius 1 is 0.264 bits per heavy atom. The predicted molar refractivity (Wildman–Crippen MR) is 482 cm³/mol. The SMILES string of the molecule is CCCCN(CC(=O)N(CC(N)=O)[C@H](C)c1ccccc1)C(=O)CN(CCCNC(=N)N)C(=O)CN(C(=O)CN(CCCC)C(=O)CN(CCCNC(=N)N)C(=O)CN(C(=O)CN(CCCC)C(=O)CN(CCCNC(=N)N)C(=O)CN(C(=O)CN(CCCC)C(=O)CNCCCNC(=N)N)[C@H](C)c1ccccc1)[C@H](C)c1ccccc1)[C@@H](C)c1ccccc1. The fraction of sp³-hybridized carbons (Fsp3) is 0.545. The van der Waals surface area contributed by atoms with Gasteiger partial charge in [0.05, 0.1) is 83.1 Å². The molecule has 12 amide bonds. The second-order valence-electron chi connectivity index (χ2n) is 31.0. The predicted octanol–water partition coefficient (Wildman–Crippen LogP) is 2.91. The fourth-order valence-corrected chi connectivity index (χ4v) is 13.8. The number of nitrogens with one attached hydrogen (secondary N) is 9. The van der Waals surface area contributed by atoms with Crippen LogP contribution in [0.25, 0.3) is 0 Å². The van der Waals surface area contributed by atoms with Crippen molar-refractivity contribution in [2.24, 2.45) is 28.7 Å². The first-order chi connectivity index (χ1) is 59.7. The third-order valence-corrected chi connectivity index (χ3v) is 21.3. The van der Waals surface area contributed by atoms with Gasteiger partial charge in [0.15, 0.2) is 23.8 Å². The highest BCUT2D eigenvalue weighted by atomic mass is 16.2. The van der Waals surface area contributed by atoms with E-state index in [1.807, 2.05) is 52.0 Å².